The normalized spacial score (nSPS) is 23.6. The second-order valence-electron chi connectivity index (χ2n) is 7.05. The Balaban J connectivity index is 1.66. The van der Waals surface area contributed by atoms with Crippen LogP contribution in [-0.2, 0) is 11.3 Å². The van der Waals surface area contributed by atoms with E-state index in [1.165, 1.54) is 51.4 Å². The molecule has 2 fully saturated rings. The van der Waals surface area contributed by atoms with Gasteiger partial charge in [-0.25, -0.2) is 4.98 Å². The van der Waals surface area contributed by atoms with E-state index in [2.05, 4.69) is 26.4 Å². The van der Waals surface area contributed by atoms with Crippen LogP contribution in [0.2, 0.25) is 0 Å². The van der Waals surface area contributed by atoms with E-state index in [1.54, 1.807) is 13.4 Å². The molecule has 124 valence electrons. The van der Waals surface area contributed by atoms with Gasteiger partial charge in [0.2, 0.25) is 0 Å². The minimum atomic E-state index is 0.482. The maximum atomic E-state index is 5.24. The third-order valence-electron chi connectivity index (χ3n) is 5.68. The zero-order valence-electron chi connectivity index (χ0n) is 13.8. The van der Waals surface area contributed by atoms with E-state index in [4.69, 9.17) is 4.74 Å². The van der Waals surface area contributed by atoms with Gasteiger partial charge >= 0.3 is 0 Å². The molecule has 2 aromatic heterocycles. The molecule has 0 radical (unpaired) electrons. The summed E-state index contributed by atoms with van der Waals surface area (Å²) in [5.41, 5.74) is 1.38. The fourth-order valence-corrected chi connectivity index (χ4v) is 4.57. The van der Waals surface area contributed by atoms with Crippen LogP contribution >= 0.6 is 0 Å². The molecule has 2 aromatic rings. The maximum absolute atomic E-state index is 5.24. The van der Waals surface area contributed by atoms with Gasteiger partial charge in [-0.2, -0.15) is 14.6 Å². The highest BCUT2D eigenvalue weighted by Gasteiger charge is 2.42. The van der Waals surface area contributed by atoms with E-state index in [1.807, 2.05) is 4.52 Å². The SMILES string of the molecule is COCc1cc(N[C@H]2CCCCC23CCCC3)n2ncnc2n1. The van der Waals surface area contributed by atoms with Crippen molar-refractivity contribution < 1.29 is 4.74 Å². The van der Waals surface area contributed by atoms with E-state index < -0.39 is 0 Å². The average Bonchev–Trinajstić information content (AvgIpc) is 3.20. The zero-order chi connectivity index (χ0) is 15.7. The number of aromatic nitrogens is 4. The maximum Gasteiger partial charge on any atom is 0.254 e. The lowest BCUT2D eigenvalue weighted by molar-refractivity contribution is 0.172. The smallest absolute Gasteiger partial charge is 0.254 e. The van der Waals surface area contributed by atoms with Crippen molar-refractivity contribution in [2.24, 2.45) is 5.41 Å². The van der Waals surface area contributed by atoms with E-state index in [0.717, 1.165) is 11.5 Å². The molecule has 0 aliphatic heterocycles. The van der Waals surface area contributed by atoms with Crippen LogP contribution in [0.1, 0.15) is 57.1 Å². The van der Waals surface area contributed by atoms with Gasteiger partial charge in [-0.05, 0) is 31.1 Å². The zero-order valence-corrected chi connectivity index (χ0v) is 13.8. The Morgan fingerprint density at radius 1 is 1.26 bits per heavy atom. The van der Waals surface area contributed by atoms with Gasteiger partial charge in [0.15, 0.2) is 0 Å². The van der Waals surface area contributed by atoms with Crippen LogP contribution in [0.5, 0.6) is 0 Å². The Bertz CT molecular complexity index is 677. The molecule has 2 aliphatic carbocycles. The Hall–Kier alpha value is -1.69. The number of rotatable bonds is 4. The molecule has 2 aliphatic rings. The van der Waals surface area contributed by atoms with Crippen molar-refractivity contribution in [3.8, 4) is 0 Å². The van der Waals surface area contributed by atoms with Crippen LogP contribution in [0.25, 0.3) is 5.78 Å². The van der Waals surface area contributed by atoms with Crippen molar-refractivity contribution in [3.05, 3.63) is 18.1 Å². The number of hydrogen-bond acceptors (Lipinski definition) is 5. The van der Waals surface area contributed by atoms with Crippen molar-refractivity contribution in [1.29, 1.82) is 0 Å². The summed E-state index contributed by atoms with van der Waals surface area (Å²) in [6.07, 6.45) is 12.3. The van der Waals surface area contributed by atoms with Crippen LogP contribution in [0.4, 0.5) is 5.82 Å². The molecule has 1 atom stereocenters. The van der Waals surface area contributed by atoms with Crippen LogP contribution in [0.3, 0.4) is 0 Å². The molecule has 0 saturated heterocycles. The first-order valence-corrected chi connectivity index (χ1v) is 8.76. The second kappa shape index (κ2) is 6.07. The Kier molecular flexibility index (Phi) is 3.93. The van der Waals surface area contributed by atoms with Gasteiger partial charge in [0.05, 0.1) is 12.3 Å². The summed E-state index contributed by atoms with van der Waals surface area (Å²) in [5, 5.41) is 8.15. The molecule has 23 heavy (non-hydrogen) atoms. The quantitative estimate of drug-likeness (QED) is 0.938. The lowest BCUT2D eigenvalue weighted by Gasteiger charge is -2.42. The second-order valence-corrected chi connectivity index (χ2v) is 7.05. The summed E-state index contributed by atoms with van der Waals surface area (Å²) in [6.45, 7) is 0.494. The fraction of sp³-hybridized carbons (Fsp3) is 0.706. The molecule has 1 N–H and O–H groups in total. The minimum Gasteiger partial charge on any atom is -0.378 e. The molecule has 6 heteroatoms. The van der Waals surface area contributed by atoms with Crippen molar-refractivity contribution in [3.63, 3.8) is 0 Å². The minimum absolute atomic E-state index is 0.482. The average molecular weight is 315 g/mol. The lowest BCUT2D eigenvalue weighted by atomic mass is 9.69. The fourth-order valence-electron chi connectivity index (χ4n) is 4.57. The molecule has 0 bridgehead atoms. The summed E-state index contributed by atoms with van der Waals surface area (Å²) < 4.78 is 7.06. The lowest BCUT2D eigenvalue weighted by Crippen LogP contribution is -2.41. The standard InChI is InChI=1S/C17H25N5O/c1-23-11-13-10-15(22-16(20-13)18-12-19-22)21-14-6-2-3-7-17(14)8-4-5-9-17/h10,12,14,21H,2-9,11H2,1H3/t14-/m0/s1. The van der Waals surface area contributed by atoms with Crippen LogP contribution in [-0.4, -0.2) is 32.7 Å². The van der Waals surface area contributed by atoms with Crippen molar-refractivity contribution in [2.75, 3.05) is 12.4 Å². The first-order chi connectivity index (χ1) is 11.3. The molecular formula is C17H25N5O. The summed E-state index contributed by atoms with van der Waals surface area (Å²) in [6, 6.07) is 2.59. The van der Waals surface area contributed by atoms with Crippen molar-refractivity contribution in [2.45, 2.75) is 64.0 Å². The van der Waals surface area contributed by atoms with Gasteiger partial charge in [0.1, 0.15) is 12.1 Å². The highest BCUT2D eigenvalue weighted by Crippen LogP contribution is 2.49. The molecule has 4 rings (SSSR count). The molecule has 2 saturated carbocycles. The number of ether oxygens (including phenoxy) is 1. The molecule has 0 unspecified atom stereocenters. The van der Waals surface area contributed by atoms with Gasteiger partial charge in [0, 0.05) is 19.2 Å². The van der Waals surface area contributed by atoms with Crippen molar-refractivity contribution in [1.82, 2.24) is 19.6 Å². The van der Waals surface area contributed by atoms with Crippen LogP contribution < -0.4 is 5.32 Å². The monoisotopic (exact) mass is 315 g/mol. The summed E-state index contributed by atoms with van der Waals surface area (Å²) in [4.78, 5) is 8.74. The van der Waals surface area contributed by atoms with Crippen LogP contribution in [0, 0.1) is 5.41 Å². The molecular weight excluding hydrogens is 290 g/mol. The first-order valence-electron chi connectivity index (χ1n) is 8.76. The number of nitrogens with zero attached hydrogens (tertiary/aromatic N) is 4. The van der Waals surface area contributed by atoms with E-state index >= 15 is 0 Å². The highest BCUT2D eigenvalue weighted by atomic mass is 16.5. The van der Waals surface area contributed by atoms with E-state index in [9.17, 15) is 0 Å². The third kappa shape index (κ3) is 2.69. The molecule has 0 aromatic carbocycles. The summed E-state index contributed by atoms with van der Waals surface area (Å²) in [5.74, 6) is 1.64. The third-order valence-corrected chi connectivity index (χ3v) is 5.68. The number of methoxy groups -OCH3 is 1. The molecule has 0 amide bonds. The van der Waals surface area contributed by atoms with E-state index in [-0.39, 0.29) is 0 Å². The van der Waals surface area contributed by atoms with Gasteiger partial charge in [-0.1, -0.05) is 25.7 Å². The number of anilines is 1. The Labute approximate surface area is 136 Å². The Morgan fingerprint density at radius 3 is 2.83 bits per heavy atom. The van der Waals surface area contributed by atoms with Gasteiger partial charge in [-0.3, -0.25) is 0 Å². The predicted octanol–water partition coefficient (Wildman–Crippen LogP) is 3.19. The number of nitrogens with one attached hydrogen (secondary N) is 1. The van der Waals surface area contributed by atoms with Crippen LogP contribution in [0.15, 0.2) is 12.4 Å². The van der Waals surface area contributed by atoms with Gasteiger partial charge < -0.3 is 10.1 Å². The van der Waals surface area contributed by atoms with Crippen molar-refractivity contribution >= 4 is 11.6 Å². The molecule has 1 spiro atoms. The topological polar surface area (TPSA) is 64.3 Å². The Morgan fingerprint density at radius 2 is 2.04 bits per heavy atom. The molecule has 6 nitrogen and oxygen atoms in total. The predicted molar refractivity (Wildman–Crippen MR) is 88.3 cm³/mol. The largest absolute Gasteiger partial charge is 0.378 e. The first kappa shape index (κ1) is 14.9. The van der Waals surface area contributed by atoms with Gasteiger partial charge in [-0.15, -0.1) is 0 Å². The van der Waals surface area contributed by atoms with Gasteiger partial charge in [0.25, 0.3) is 5.78 Å². The molecule has 2 heterocycles. The summed E-state index contributed by atoms with van der Waals surface area (Å²) >= 11 is 0. The highest BCUT2D eigenvalue weighted by molar-refractivity contribution is 5.46. The van der Waals surface area contributed by atoms with E-state index in [0.29, 0.717) is 23.8 Å². The summed E-state index contributed by atoms with van der Waals surface area (Å²) in [7, 11) is 1.69. The number of hydrogen-bond donors (Lipinski definition) is 1. The number of fused-ring (bicyclic) bond motifs is 1.